The van der Waals surface area contributed by atoms with E-state index in [0.29, 0.717) is 0 Å². The lowest BCUT2D eigenvalue weighted by molar-refractivity contribution is -0.617. The van der Waals surface area contributed by atoms with E-state index in [0.717, 1.165) is 22.5 Å². The van der Waals surface area contributed by atoms with Gasteiger partial charge in [-0.15, -0.1) is 0 Å². The van der Waals surface area contributed by atoms with Crippen LogP contribution in [-0.4, -0.2) is 14.2 Å². The van der Waals surface area contributed by atoms with Crippen molar-refractivity contribution >= 4 is 21.8 Å². The number of pyridine rings is 1. The average molecular weight is 254 g/mol. The van der Waals surface area contributed by atoms with Gasteiger partial charge in [0.15, 0.2) is 0 Å². The van der Waals surface area contributed by atoms with Gasteiger partial charge in [-0.05, 0) is 30.3 Å². The van der Waals surface area contributed by atoms with Crippen LogP contribution in [0.4, 0.5) is 0 Å². The molecule has 0 unspecified atom stereocenters. The first-order chi connectivity index (χ1) is 9.22. The molecular weight excluding hydrogens is 238 g/mol. The topological polar surface area (TPSA) is 22.3 Å². The molecule has 0 atom stereocenters. The maximum Gasteiger partial charge on any atom is 0.216 e. The summed E-state index contributed by atoms with van der Waals surface area (Å²) in [5, 5.41) is 2.39. The number of aryl methyl sites for hydroxylation is 1. The van der Waals surface area contributed by atoms with Gasteiger partial charge >= 0.3 is 0 Å². The van der Waals surface area contributed by atoms with Crippen LogP contribution < -0.4 is 14.0 Å². The van der Waals surface area contributed by atoms with Crippen LogP contribution in [0.3, 0.4) is 0 Å². The van der Waals surface area contributed by atoms with E-state index in [1.54, 1.807) is 14.2 Å². The first-order valence-corrected chi connectivity index (χ1v) is 6.17. The standard InChI is InChI=1S/C16H16NO2/c1-17-15-9-13(18-2)6-4-11(15)8-12-5-7-14(19-3)10-16(12)17/h4-10H,1-3H3/q+1. The summed E-state index contributed by atoms with van der Waals surface area (Å²) >= 11 is 0. The number of ether oxygens (including phenoxy) is 2. The minimum absolute atomic E-state index is 0.866. The second kappa shape index (κ2) is 4.43. The van der Waals surface area contributed by atoms with Gasteiger partial charge in [-0.2, -0.15) is 4.57 Å². The SMILES string of the molecule is COc1ccc2cc3ccc(OC)cc3[n+](C)c2c1. The Bertz CT molecular complexity index is 703. The fourth-order valence-electron chi connectivity index (χ4n) is 2.42. The molecule has 96 valence electrons. The van der Waals surface area contributed by atoms with E-state index in [9.17, 15) is 0 Å². The number of hydrogen-bond donors (Lipinski definition) is 0. The van der Waals surface area contributed by atoms with Gasteiger partial charge in [-0.25, -0.2) is 0 Å². The molecule has 3 heteroatoms. The molecule has 3 nitrogen and oxygen atoms in total. The van der Waals surface area contributed by atoms with Crippen LogP contribution in [0.5, 0.6) is 11.5 Å². The third-order valence-electron chi connectivity index (χ3n) is 3.51. The van der Waals surface area contributed by atoms with E-state index in [1.165, 1.54) is 10.8 Å². The van der Waals surface area contributed by atoms with Crippen molar-refractivity contribution in [1.29, 1.82) is 0 Å². The van der Waals surface area contributed by atoms with Crippen molar-refractivity contribution in [3.05, 3.63) is 42.5 Å². The predicted octanol–water partition coefficient (Wildman–Crippen LogP) is 2.83. The van der Waals surface area contributed by atoms with Gasteiger partial charge in [0, 0.05) is 10.8 Å². The van der Waals surface area contributed by atoms with Crippen LogP contribution in [-0.2, 0) is 7.05 Å². The zero-order valence-corrected chi connectivity index (χ0v) is 11.3. The number of benzene rings is 2. The van der Waals surface area contributed by atoms with Crippen LogP contribution in [0.15, 0.2) is 42.5 Å². The molecule has 0 saturated heterocycles. The normalized spacial score (nSPS) is 10.9. The summed E-state index contributed by atoms with van der Waals surface area (Å²) in [5.74, 6) is 1.73. The average Bonchev–Trinajstić information content (AvgIpc) is 2.47. The van der Waals surface area contributed by atoms with Gasteiger partial charge in [-0.1, -0.05) is 0 Å². The Kier molecular flexibility index (Phi) is 2.75. The lowest BCUT2D eigenvalue weighted by atomic mass is 10.1. The van der Waals surface area contributed by atoms with Crippen LogP contribution >= 0.6 is 0 Å². The molecule has 0 amide bonds. The highest BCUT2D eigenvalue weighted by molar-refractivity contribution is 5.89. The predicted molar refractivity (Wildman–Crippen MR) is 75.7 cm³/mol. The lowest BCUT2D eigenvalue weighted by Gasteiger charge is -2.05. The van der Waals surface area contributed by atoms with Crippen molar-refractivity contribution in [2.75, 3.05) is 14.2 Å². The molecule has 1 aromatic heterocycles. The van der Waals surface area contributed by atoms with Gasteiger partial charge in [0.1, 0.15) is 18.5 Å². The maximum atomic E-state index is 5.30. The fraction of sp³-hybridized carbons (Fsp3) is 0.188. The van der Waals surface area contributed by atoms with Crippen LogP contribution in [0.25, 0.3) is 21.8 Å². The number of rotatable bonds is 2. The van der Waals surface area contributed by atoms with Crippen molar-refractivity contribution in [2.24, 2.45) is 7.05 Å². The first kappa shape index (κ1) is 11.8. The Balaban J connectivity index is 2.39. The van der Waals surface area contributed by atoms with E-state index in [4.69, 9.17) is 9.47 Å². The molecule has 0 fully saturated rings. The molecule has 2 aromatic carbocycles. The second-order valence-corrected chi connectivity index (χ2v) is 4.55. The highest BCUT2D eigenvalue weighted by Gasteiger charge is 2.13. The van der Waals surface area contributed by atoms with Crippen molar-refractivity contribution in [2.45, 2.75) is 0 Å². The molecule has 3 rings (SSSR count). The van der Waals surface area contributed by atoms with Crippen LogP contribution in [0.2, 0.25) is 0 Å². The molecule has 0 aliphatic heterocycles. The van der Waals surface area contributed by atoms with Crippen LogP contribution in [0.1, 0.15) is 0 Å². The highest BCUT2D eigenvalue weighted by Crippen LogP contribution is 2.24. The van der Waals surface area contributed by atoms with E-state index in [2.05, 4.69) is 29.8 Å². The minimum atomic E-state index is 0.866. The molecule has 3 aromatic rings. The molecule has 0 radical (unpaired) electrons. The van der Waals surface area contributed by atoms with Gasteiger partial charge in [0.25, 0.3) is 0 Å². The Morgan fingerprint density at radius 1 is 0.737 bits per heavy atom. The van der Waals surface area contributed by atoms with E-state index < -0.39 is 0 Å². The first-order valence-electron chi connectivity index (χ1n) is 6.17. The molecule has 0 aliphatic carbocycles. The highest BCUT2D eigenvalue weighted by atomic mass is 16.5. The van der Waals surface area contributed by atoms with Gasteiger partial charge < -0.3 is 9.47 Å². The Hall–Kier alpha value is -2.29. The number of hydrogen-bond acceptors (Lipinski definition) is 2. The number of fused-ring (bicyclic) bond motifs is 2. The van der Waals surface area contributed by atoms with Crippen molar-refractivity contribution < 1.29 is 14.0 Å². The van der Waals surface area contributed by atoms with Crippen molar-refractivity contribution in [3.8, 4) is 11.5 Å². The quantitative estimate of drug-likeness (QED) is 0.518. The molecule has 0 bridgehead atoms. The minimum Gasteiger partial charge on any atom is -0.497 e. The molecular formula is C16H16NO2+. The molecule has 0 aliphatic rings. The summed E-state index contributed by atoms with van der Waals surface area (Å²) in [6.07, 6.45) is 0. The van der Waals surface area contributed by atoms with E-state index in [1.807, 2.05) is 24.3 Å². The summed E-state index contributed by atoms with van der Waals surface area (Å²) in [6, 6.07) is 14.4. The Labute approximate surface area is 112 Å². The Morgan fingerprint density at radius 2 is 1.21 bits per heavy atom. The zero-order chi connectivity index (χ0) is 13.4. The molecule has 1 heterocycles. The third kappa shape index (κ3) is 1.87. The van der Waals surface area contributed by atoms with Crippen molar-refractivity contribution in [3.63, 3.8) is 0 Å². The number of methoxy groups -OCH3 is 2. The van der Waals surface area contributed by atoms with Crippen LogP contribution in [0, 0.1) is 0 Å². The zero-order valence-electron chi connectivity index (χ0n) is 11.3. The number of nitrogens with zero attached hydrogens (tertiary/aromatic N) is 1. The molecule has 0 spiro atoms. The van der Waals surface area contributed by atoms with Gasteiger partial charge in [-0.3, -0.25) is 0 Å². The summed E-state index contributed by atoms with van der Waals surface area (Å²) < 4.78 is 12.8. The summed E-state index contributed by atoms with van der Waals surface area (Å²) in [7, 11) is 5.43. The lowest BCUT2D eigenvalue weighted by Crippen LogP contribution is -2.30. The third-order valence-corrected chi connectivity index (χ3v) is 3.51. The van der Waals surface area contributed by atoms with E-state index >= 15 is 0 Å². The van der Waals surface area contributed by atoms with Gasteiger partial charge in [0.05, 0.1) is 26.4 Å². The van der Waals surface area contributed by atoms with E-state index in [-0.39, 0.29) is 0 Å². The fourth-order valence-corrected chi connectivity index (χ4v) is 2.42. The number of aromatic nitrogens is 1. The van der Waals surface area contributed by atoms with Gasteiger partial charge in [0.2, 0.25) is 11.0 Å². The molecule has 0 N–H and O–H groups in total. The largest absolute Gasteiger partial charge is 0.497 e. The summed E-state index contributed by atoms with van der Waals surface area (Å²) in [5.41, 5.74) is 2.28. The molecule has 19 heavy (non-hydrogen) atoms. The second-order valence-electron chi connectivity index (χ2n) is 4.55. The monoisotopic (exact) mass is 254 g/mol. The van der Waals surface area contributed by atoms with Crippen molar-refractivity contribution in [1.82, 2.24) is 0 Å². The summed E-state index contributed by atoms with van der Waals surface area (Å²) in [4.78, 5) is 0. The maximum absolute atomic E-state index is 5.30. The smallest absolute Gasteiger partial charge is 0.216 e. The Morgan fingerprint density at radius 3 is 1.63 bits per heavy atom. The summed E-state index contributed by atoms with van der Waals surface area (Å²) in [6.45, 7) is 0. The molecule has 0 saturated carbocycles.